The van der Waals surface area contributed by atoms with E-state index in [1.165, 1.54) is 173 Å². The molecule has 6 heteroatoms. The summed E-state index contributed by atoms with van der Waals surface area (Å²) >= 11 is 0. The first-order chi connectivity index (χ1) is 26.5. The third kappa shape index (κ3) is 36.4. The third-order valence-electron chi connectivity index (χ3n) is 11.2. The molecule has 5 N–H and O–H groups in total. The lowest BCUT2D eigenvalue weighted by Crippen LogP contribution is -2.53. The van der Waals surface area contributed by atoms with Gasteiger partial charge in [0.15, 0.2) is 0 Å². The second-order valence-corrected chi connectivity index (χ2v) is 16.5. The van der Waals surface area contributed by atoms with E-state index in [4.69, 9.17) is 0 Å². The smallest absolute Gasteiger partial charge is 0.249 e. The van der Waals surface area contributed by atoms with Gasteiger partial charge in [-0.1, -0.05) is 224 Å². The van der Waals surface area contributed by atoms with Crippen LogP contribution in [0.3, 0.4) is 0 Å². The number of nitrogens with one attached hydrogen (secondary N) is 1. The number of rotatable bonds is 43. The molecule has 0 aliphatic rings. The van der Waals surface area contributed by atoms with Crippen LogP contribution in [-0.2, 0) is 4.79 Å². The van der Waals surface area contributed by atoms with Crippen molar-refractivity contribution in [3.05, 3.63) is 24.3 Å². The Kier molecular flexibility index (Phi) is 42.0. The molecule has 1 amide bonds. The standard InChI is InChI=1S/C48H93NO5/c1-3-5-7-9-11-13-15-17-19-20-21-22-23-24-25-26-27-28-30-32-34-36-38-40-42-46(52)48(54)49-44(43-50)47(53)45(51)41-39-37-35-33-31-29-18-16-14-12-10-8-6-4-2/h21-22,24-25,44-47,50-53H,3-20,23,26-43H2,1-2H3,(H,49,54)/b22-21-,25-24-. The van der Waals surface area contributed by atoms with Gasteiger partial charge in [0, 0.05) is 0 Å². The minimum Gasteiger partial charge on any atom is -0.394 e. The molecular weight excluding hydrogens is 671 g/mol. The van der Waals surface area contributed by atoms with Crippen LogP contribution in [0.25, 0.3) is 0 Å². The molecule has 0 rings (SSSR count). The first-order valence-electron chi connectivity index (χ1n) is 23.7. The lowest BCUT2D eigenvalue weighted by Gasteiger charge is -2.27. The van der Waals surface area contributed by atoms with Crippen LogP contribution in [-0.4, -0.2) is 57.3 Å². The van der Waals surface area contributed by atoms with Crippen molar-refractivity contribution in [2.75, 3.05) is 6.61 Å². The van der Waals surface area contributed by atoms with Gasteiger partial charge in [-0.3, -0.25) is 4.79 Å². The van der Waals surface area contributed by atoms with Crippen LogP contribution in [0, 0.1) is 0 Å². The van der Waals surface area contributed by atoms with E-state index in [1.54, 1.807) is 0 Å². The summed E-state index contributed by atoms with van der Waals surface area (Å²) in [5.74, 6) is -0.587. The maximum Gasteiger partial charge on any atom is 0.249 e. The van der Waals surface area contributed by atoms with Gasteiger partial charge >= 0.3 is 0 Å². The highest BCUT2D eigenvalue weighted by Crippen LogP contribution is 2.17. The number of hydrogen-bond acceptors (Lipinski definition) is 5. The fourth-order valence-electron chi connectivity index (χ4n) is 7.38. The highest BCUT2D eigenvalue weighted by Gasteiger charge is 2.28. The first-order valence-corrected chi connectivity index (χ1v) is 23.7. The van der Waals surface area contributed by atoms with Crippen LogP contribution in [0.1, 0.15) is 245 Å². The van der Waals surface area contributed by atoms with Crippen molar-refractivity contribution in [3.63, 3.8) is 0 Å². The fraction of sp³-hybridized carbons (Fsp3) is 0.896. The van der Waals surface area contributed by atoms with E-state index in [-0.39, 0.29) is 0 Å². The average Bonchev–Trinajstić information content (AvgIpc) is 3.18. The van der Waals surface area contributed by atoms with Gasteiger partial charge in [-0.25, -0.2) is 0 Å². The maximum atomic E-state index is 12.5. The number of aliphatic hydroxyl groups excluding tert-OH is 4. The molecule has 0 saturated heterocycles. The van der Waals surface area contributed by atoms with Crippen molar-refractivity contribution in [1.29, 1.82) is 0 Å². The number of amides is 1. The van der Waals surface area contributed by atoms with E-state index in [9.17, 15) is 25.2 Å². The molecule has 54 heavy (non-hydrogen) atoms. The van der Waals surface area contributed by atoms with E-state index in [0.717, 1.165) is 44.9 Å². The Hall–Kier alpha value is -1.21. The van der Waals surface area contributed by atoms with Crippen molar-refractivity contribution >= 4 is 5.91 Å². The molecule has 4 atom stereocenters. The van der Waals surface area contributed by atoms with Gasteiger partial charge in [0.2, 0.25) is 5.91 Å². The average molecular weight is 764 g/mol. The van der Waals surface area contributed by atoms with Crippen molar-refractivity contribution < 1.29 is 25.2 Å². The predicted octanol–water partition coefficient (Wildman–Crippen LogP) is 12.7. The van der Waals surface area contributed by atoms with Gasteiger partial charge in [0.05, 0.1) is 18.8 Å². The molecule has 0 heterocycles. The molecule has 0 radical (unpaired) electrons. The van der Waals surface area contributed by atoms with Gasteiger partial charge in [-0.15, -0.1) is 0 Å². The van der Waals surface area contributed by atoms with Gasteiger partial charge in [-0.2, -0.15) is 0 Å². The van der Waals surface area contributed by atoms with Crippen molar-refractivity contribution in [2.45, 2.75) is 269 Å². The van der Waals surface area contributed by atoms with E-state index in [1.807, 2.05) is 0 Å². The van der Waals surface area contributed by atoms with Crippen LogP contribution in [0.4, 0.5) is 0 Å². The molecule has 0 aromatic rings. The molecule has 0 spiro atoms. The Morgan fingerprint density at radius 2 is 0.796 bits per heavy atom. The lowest BCUT2D eigenvalue weighted by atomic mass is 9.99. The summed E-state index contributed by atoms with van der Waals surface area (Å²) in [6.07, 6.45) is 49.3. The Labute approximate surface area is 335 Å². The summed E-state index contributed by atoms with van der Waals surface area (Å²) in [6.45, 7) is 4.06. The number of carbonyl (C=O) groups excluding carboxylic acids is 1. The molecule has 0 aliphatic heterocycles. The van der Waals surface area contributed by atoms with Crippen LogP contribution >= 0.6 is 0 Å². The molecule has 0 fully saturated rings. The molecule has 0 saturated carbocycles. The number of hydrogen-bond donors (Lipinski definition) is 5. The summed E-state index contributed by atoms with van der Waals surface area (Å²) < 4.78 is 0. The topological polar surface area (TPSA) is 110 Å². The fourth-order valence-corrected chi connectivity index (χ4v) is 7.38. The Morgan fingerprint density at radius 1 is 0.463 bits per heavy atom. The minimum absolute atomic E-state index is 0.364. The van der Waals surface area contributed by atoms with E-state index in [0.29, 0.717) is 12.8 Å². The van der Waals surface area contributed by atoms with Crippen LogP contribution in [0.15, 0.2) is 24.3 Å². The van der Waals surface area contributed by atoms with Crippen LogP contribution in [0.2, 0.25) is 0 Å². The van der Waals surface area contributed by atoms with Gasteiger partial charge in [-0.05, 0) is 44.9 Å². The normalized spacial score (nSPS) is 14.3. The Balaban J connectivity index is 3.70. The monoisotopic (exact) mass is 764 g/mol. The summed E-state index contributed by atoms with van der Waals surface area (Å²) in [5.41, 5.74) is 0. The first kappa shape index (κ1) is 52.8. The predicted molar refractivity (Wildman–Crippen MR) is 233 cm³/mol. The van der Waals surface area contributed by atoms with E-state index >= 15 is 0 Å². The SMILES string of the molecule is CCCCCCCCCCC/C=C\C/C=C\CCCCCCCCCCC(O)C(=O)NC(CO)C(O)C(O)CCCCCCCCCCCCCCCC. The Bertz CT molecular complexity index is 817. The quantitative estimate of drug-likeness (QED) is 0.0314. The largest absolute Gasteiger partial charge is 0.394 e. The minimum atomic E-state index is -1.26. The van der Waals surface area contributed by atoms with E-state index in [2.05, 4.69) is 43.5 Å². The number of carbonyl (C=O) groups is 1. The number of allylic oxidation sites excluding steroid dienone is 4. The van der Waals surface area contributed by atoms with Crippen molar-refractivity contribution in [1.82, 2.24) is 5.32 Å². The highest BCUT2D eigenvalue weighted by molar-refractivity contribution is 5.80. The lowest BCUT2D eigenvalue weighted by molar-refractivity contribution is -0.132. The van der Waals surface area contributed by atoms with Crippen LogP contribution in [0.5, 0.6) is 0 Å². The summed E-state index contributed by atoms with van der Waals surface area (Å²) in [6, 6.07) is -0.986. The van der Waals surface area contributed by atoms with Gasteiger partial charge in [0.1, 0.15) is 12.2 Å². The second kappa shape index (κ2) is 42.9. The van der Waals surface area contributed by atoms with E-state index < -0.39 is 36.9 Å². The molecule has 4 unspecified atom stereocenters. The second-order valence-electron chi connectivity index (χ2n) is 16.5. The molecule has 0 aromatic carbocycles. The Morgan fingerprint density at radius 3 is 1.17 bits per heavy atom. The molecule has 320 valence electrons. The number of aliphatic hydroxyl groups is 4. The summed E-state index contributed by atoms with van der Waals surface area (Å²) in [4.78, 5) is 12.5. The zero-order valence-corrected chi connectivity index (χ0v) is 36.0. The zero-order chi connectivity index (χ0) is 39.6. The maximum absolute atomic E-state index is 12.5. The zero-order valence-electron chi connectivity index (χ0n) is 36.0. The van der Waals surface area contributed by atoms with Crippen molar-refractivity contribution in [2.24, 2.45) is 0 Å². The van der Waals surface area contributed by atoms with Crippen molar-refractivity contribution in [3.8, 4) is 0 Å². The third-order valence-corrected chi connectivity index (χ3v) is 11.2. The molecule has 6 nitrogen and oxygen atoms in total. The summed E-state index contributed by atoms with van der Waals surface area (Å²) in [5, 5.41) is 43.7. The molecule has 0 bridgehead atoms. The van der Waals surface area contributed by atoms with Gasteiger partial charge < -0.3 is 25.7 Å². The number of unbranched alkanes of at least 4 members (excludes halogenated alkanes) is 30. The molecular formula is C48H93NO5. The van der Waals surface area contributed by atoms with Crippen LogP contribution < -0.4 is 5.32 Å². The molecule has 0 aromatic heterocycles. The summed E-state index contributed by atoms with van der Waals surface area (Å²) in [7, 11) is 0. The molecule has 0 aliphatic carbocycles. The highest BCUT2D eigenvalue weighted by atomic mass is 16.3. The van der Waals surface area contributed by atoms with Gasteiger partial charge in [0.25, 0.3) is 0 Å².